The number of nitrogens with one attached hydrogen (secondary N) is 1. The van der Waals surface area contributed by atoms with Crippen LogP contribution in [0.4, 0.5) is 5.69 Å². The van der Waals surface area contributed by atoms with Crippen molar-refractivity contribution < 1.29 is 4.92 Å². The maximum Gasteiger partial charge on any atom is 0.272 e. The van der Waals surface area contributed by atoms with Crippen LogP contribution in [-0.2, 0) is 6.42 Å². The number of halogens is 1. The normalized spacial score (nSPS) is 25.8. The summed E-state index contributed by atoms with van der Waals surface area (Å²) < 4.78 is 0. The molecule has 1 fully saturated rings. The molecule has 0 spiro atoms. The summed E-state index contributed by atoms with van der Waals surface area (Å²) in [5, 5.41) is 15.3. The van der Waals surface area contributed by atoms with Gasteiger partial charge in [-0.15, -0.1) is 0 Å². The maximum absolute atomic E-state index is 11.2. The molecular formula is C16H23ClN2O2. The van der Waals surface area contributed by atoms with Gasteiger partial charge in [0.2, 0.25) is 0 Å². The second-order valence-corrected chi connectivity index (χ2v) is 6.51. The third-order valence-corrected chi connectivity index (χ3v) is 4.67. The molecule has 0 radical (unpaired) electrons. The molecule has 0 saturated heterocycles. The van der Waals surface area contributed by atoms with Crippen LogP contribution in [0.1, 0.15) is 38.7 Å². The second kappa shape index (κ2) is 7.23. The molecule has 116 valence electrons. The molecule has 1 saturated carbocycles. The summed E-state index contributed by atoms with van der Waals surface area (Å²) >= 11 is 6.03. The van der Waals surface area contributed by atoms with Crippen LogP contribution < -0.4 is 5.32 Å². The molecule has 3 unspecified atom stereocenters. The Morgan fingerprint density at radius 1 is 1.43 bits per heavy atom. The molecule has 1 N–H and O–H groups in total. The maximum atomic E-state index is 11.2. The highest BCUT2D eigenvalue weighted by Crippen LogP contribution is 2.34. The Bertz CT molecular complexity index is 507. The van der Waals surface area contributed by atoms with Gasteiger partial charge in [-0.1, -0.05) is 25.4 Å². The van der Waals surface area contributed by atoms with Crippen molar-refractivity contribution in [2.24, 2.45) is 11.8 Å². The van der Waals surface area contributed by atoms with E-state index in [-0.39, 0.29) is 10.6 Å². The summed E-state index contributed by atoms with van der Waals surface area (Å²) in [5.74, 6) is 1.12. The van der Waals surface area contributed by atoms with Crippen molar-refractivity contribution in [2.45, 2.75) is 45.6 Å². The number of benzene rings is 1. The average Bonchev–Trinajstić information content (AvgIpc) is 2.42. The van der Waals surface area contributed by atoms with Gasteiger partial charge < -0.3 is 5.32 Å². The summed E-state index contributed by atoms with van der Waals surface area (Å²) in [6.07, 6.45) is 4.21. The van der Waals surface area contributed by atoms with Crippen LogP contribution in [0.15, 0.2) is 18.2 Å². The van der Waals surface area contributed by atoms with E-state index in [9.17, 15) is 10.1 Å². The fourth-order valence-electron chi connectivity index (χ4n) is 3.43. The van der Waals surface area contributed by atoms with E-state index in [0.717, 1.165) is 31.4 Å². The molecule has 1 aromatic carbocycles. The van der Waals surface area contributed by atoms with Crippen molar-refractivity contribution in [1.29, 1.82) is 0 Å². The first kappa shape index (κ1) is 16.2. The zero-order valence-electron chi connectivity index (χ0n) is 12.6. The molecule has 4 nitrogen and oxygen atoms in total. The minimum Gasteiger partial charge on any atom is -0.314 e. The van der Waals surface area contributed by atoms with Gasteiger partial charge in [0.15, 0.2) is 0 Å². The molecule has 0 bridgehead atoms. The topological polar surface area (TPSA) is 55.2 Å². The second-order valence-electron chi connectivity index (χ2n) is 6.08. The zero-order valence-corrected chi connectivity index (χ0v) is 13.4. The number of hydrogen-bond donors (Lipinski definition) is 1. The van der Waals surface area contributed by atoms with E-state index in [1.165, 1.54) is 12.5 Å². The van der Waals surface area contributed by atoms with E-state index in [0.29, 0.717) is 22.9 Å². The molecule has 0 heterocycles. The summed E-state index contributed by atoms with van der Waals surface area (Å²) in [4.78, 5) is 10.9. The van der Waals surface area contributed by atoms with Gasteiger partial charge in [0.05, 0.1) is 4.92 Å². The monoisotopic (exact) mass is 310 g/mol. The highest BCUT2D eigenvalue weighted by atomic mass is 35.5. The number of nitrogens with zero attached hydrogens (tertiary/aromatic N) is 1. The predicted molar refractivity (Wildman–Crippen MR) is 85.8 cm³/mol. The van der Waals surface area contributed by atoms with Crippen LogP contribution in [0.3, 0.4) is 0 Å². The molecule has 0 aromatic heterocycles. The van der Waals surface area contributed by atoms with Crippen LogP contribution in [-0.4, -0.2) is 17.5 Å². The van der Waals surface area contributed by atoms with Gasteiger partial charge in [-0.05, 0) is 56.2 Å². The van der Waals surface area contributed by atoms with Gasteiger partial charge in [-0.2, -0.15) is 0 Å². The molecule has 5 heteroatoms. The van der Waals surface area contributed by atoms with Gasteiger partial charge in [0.25, 0.3) is 5.69 Å². The predicted octanol–water partition coefficient (Wildman–Crippen LogP) is 4.21. The van der Waals surface area contributed by atoms with E-state index < -0.39 is 0 Å². The minimum absolute atomic E-state index is 0.188. The summed E-state index contributed by atoms with van der Waals surface area (Å²) in [5.41, 5.74) is 0.947. The zero-order chi connectivity index (χ0) is 15.4. The molecule has 0 aliphatic heterocycles. The molecule has 1 aliphatic carbocycles. The molecule has 3 atom stereocenters. The number of hydrogen-bond acceptors (Lipinski definition) is 3. The molecule has 2 rings (SSSR count). The molecule has 1 aliphatic rings. The van der Waals surface area contributed by atoms with Crippen LogP contribution in [0.5, 0.6) is 0 Å². The van der Waals surface area contributed by atoms with E-state index in [1.807, 2.05) is 0 Å². The van der Waals surface area contributed by atoms with Crippen molar-refractivity contribution in [3.05, 3.63) is 38.9 Å². The summed E-state index contributed by atoms with van der Waals surface area (Å²) in [6.45, 7) is 5.31. The quantitative estimate of drug-likeness (QED) is 0.655. The highest BCUT2D eigenvalue weighted by molar-refractivity contribution is 6.30. The fraction of sp³-hybridized carbons (Fsp3) is 0.625. The fourth-order valence-corrected chi connectivity index (χ4v) is 3.63. The lowest BCUT2D eigenvalue weighted by Crippen LogP contribution is -2.41. The van der Waals surface area contributed by atoms with Crippen LogP contribution in [0.2, 0.25) is 5.02 Å². The van der Waals surface area contributed by atoms with Gasteiger partial charge in [-0.3, -0.25) is 10.1 Å². The third kappa shape index (κ3) is 4.17. The Kier molecular flexibility index (Phi) is 5.59. The van der Waals surface area contributed by atoms with Crippen molar-refractivity contribution in [2.75, 3.05) is 6.54 Å². The van der Waals surface area contributed by atoms with Crippen molar-refractivity contribution >= 4 is 17.3 Å². The van der Waals surface area contributed by atoms with E-state index in [2.05, 4.69) is 19.2 Å². The third-order valence-electron chi connectivity index (χ3n) is 4.43. The van der Waals surface area contributed by atoms with Gasteiger partial charge >= 0.3 is 0 Å². The summed E-state index contributed by atoms with van der Waals surface area (Å²) in [7, 11) is 0. The Balaban J connectivity index is 2.21. The SMILES string of the molecule is CCNC1CCC(C)CC1Cc1cc(Cl)ccc1[N+](=O)[O-]. The van der Waals surface area contributed by atoms with E-state index in [1.54, 1.807) is 12.1 Å². The Morgan fingerprint density at radius 3 is 2.86 bits per heavy atom. The smallest absolute Gasteiger partial charge is 0.272 e. The molecule has 1 aromatic rings. The number of nitro groups is 1. The Morgan fingerprint density at radius 2 is 2.19 bits per heavy atom. The van der Waals surface area contributed by atoms with Gasteiger partial charge in [0.1, 0.15) is 0 Å². The van der Waals surface area contributed by atoms with Gasteiger partial charge in [0, 0.05) is 22.7 Å². The van der Waals surface area contributed by atoms with E-state index in [4.69, 9.17) is 11.6 Å². The van der Waals surface area contributed by atoms with Crippen molar-refractivity contribution in [3.8, 4) is 0 Å². The first-order valence-electron chi connectivity index (χ1n) is 7.67. The largest absolute Gasteiger partial charge is 0.314 e. The van der Waals surface area contributed by atoms with Crippen LogP contribution in [0.25, 0.3) is 0 Å². The molecule has 21 heavy (non-hydrogen) atoms. The lowest BCUT2D eigenvalue weighted by molar-refractivity contribution is -0.385. The molecular weight excluding hydrogens is 288 g/mol. The van der Waals surface area contributed by atoms with Gasteiger partial charge in [-0.25, -0.2) is 0 Å². The first-order valence-corrected chi connectivity index (χ1v) is 8.05. The number of nitro benzene ring substituents is 1. The first-order chi connectivity index (χ1) is 10.0. The average molecular weight is 311 g/mol. The van der Waals surface area contributed by atoms with E-state index >= 15 is 0 Å². The lowest BCUT2D eigenvalue weighted by Gasteiger charge is -2.35. The lowest BCUT2D eigenvalue weighted by atomic mass is 9.76. The van der Waals surface area contributed by atoms with Crippen LogP contribution in [0, 0.1) is 22.0 Å². The molecule has 0 amide bonds. The van der Waals surface area contributed by atoms with Crippen molar-refractivity contribution in [1.82, 2.24) is 5.32 Å². The summed E-state index contributed by atoms with van der Waals surface area (Å²) in [6, 6.07) is 5.31. The number of rotatable bonds is 5. The van der Waals surface area contributed by atoms with Crippen molar-refractivity contribution in [3.63, 3.8) is 0 Å². The Labute approximate surface area is 131 Å². The minimum atomic E-state index is -0.305. The van der Waals surface area contributed by atoms with Crippen LogP contribution >= 0.6 is 11.6 Å². The highest BCUT2D eigenvalue weighted by Gasteiger charge is 2.30. The Hall–Kier alpha value is -1.13. The standard InChI is InChI=1S/C16H23ClN2O2/c1-3-18-15-6-4-11(2)8-12(15)9-13-10-14(17)5-7-16(13)19(20)21/h5,7,10-12,15,18H,3-4,6,8-9H2,1-2H3.